The highest BCUT2D eigenvalue weighted by atomic mass is 16.4. The largest absolute Gasteiger partial charge is 0.480 e. The van der Waals surface area contributed by atoms with E-state index in [0.29, 0.717) is 19.4 Å². The Morgan fingerprint density at radius 2 is 2.38 bits per heavy atom. The minimum Gasteiger partial charge on any atom is -0.480 e. The average molecular weight is 286 g/mol. The number of carbonyl (C=O) groups is 1. The van der Waals surface area contributed by atoms with Crippen LogP contribution in [0.1, 0.15) is 18.4 Å². The van der Waals surface area contributed by atoms with Gasteiger partial charge in [-0.3, -0.25) is 4.99 Å². The first-order chi connectivity index (χ1) is 10.2. The summed E-state index contributed by atoms with van der Waals surface area (Å²) in [6.07, 6.45) is 7.87. The SMILES string of the molecule is NCCCC(N=C/C=C/c1ccc2nc[nH]c2c1)C(=O)O. The number of carboxylic acids is 1. The first kappa shape index (κ1) is 14.9. The Kier molecular flexibility index (Phi) is 5.22. The zero-order chi connectivity index (χ0) is 15.1. The normalized spacial score (nSPS) is 13.4. The topological polar surface area (TPSA) is 104 Å². The first-order valence-electron chi connectivity index (χ1n) is 6.76. The van der Waals surface area contributed by atoms with Crippen LogP contribution < -0.4 is 5.73 Å². The second kappa shape index (κ2) is 7.35. The van der Waals surface area contributed by atoms with Gasteiger partial charge in [-0.2, -0.15) is 0 Å². The van der Waals surface area contributed by atoms with Crippen molar-refractivity contribution in [3.8, 4) is 0 Å². The molecule has 2 aromatic rings. The van der Waals surface area contributed by atoms with E-state index in [1.807, 2.05) is 24.3 Å². The zero-order valence-corrected chi connectivity index (χ0v) is 11.6. The molecule has 1 atom stereocenters. The number of hydrogen-bond acceptors (Lipinski definition) is 4. The number of benzene rings is 1. The van der Waals surface area contributed by atoms with E-state index in [0.717, 1.165) is 16.6 Å². The van der Waals surface area contributed by atoms with Gasteiger partial charge >= 0.3 is 5.97 Å². The number of imidazole rings is 1. The van der Waals surface area contributed by atoms with Crippen LogP contribution in [0.15, 0.2) is 35.6 Å². The Labute approximate surface area is 122 Å². The van der Waals surface area contributed by atoms with Crippen LogP contribution >= 0.6 is 0 Å². The van der Waals surface area contributed by atoms with E-state index in [2.05, 4.69) is 15.0 Å². The predicted octanol–water partition coefficient (Wildman–Crippen LogP) is 1.84. The second-order valence-electron chi connectivity index (χ2n) is 4.62. The Morgan fingerprint density at radius 3 is 3.14 bits per heavy atom. The van der Waals surface area contributed by atoms with Gasteiger partial charge in [0.2, 0.25) is 0 Å². The molecular formula is C15H18N4O2. The number of hydrogen-bond donors (Lipinski definition) is 3. The van der Waals surface area contributed by atoms with Crippen LogP contribution in [0.3, 0.4) is 0 Å². The molecule has 1 aromatic heterocycles. The average Bonchev–Trinajstić information content (AvgIpc) is 2.93. The molecule has 2 rings (SSSR count). The van der Waals surface area contributed by atoms with Gasteiger partial charge in [0, 0.05) is 6.21 Å². The molecule has 4 N–H and O–H groups in total. The number of rotatable bonds is 7. The molecule has 1 heterocycles. The molecule has 21 heavy (non-hydrogen) atoms. The standard InChI is InChI=1S/C15H18N4O2/c16-7-1-4-13(15(20)21)17-8-2-3-11-5-6-12-14(9-11)19-10-18-12/h2-3,5-6,8-10,13H,1,4,7,16H2,(H,18,19)(H,20,21)/b3-2+,17-8?. The molecule has 0 saturated carbocycles. The van der Waals surface area contributed by atoms with Crippen molar-refractivity contribution in [1.29, 1.82) is 0 Å². The summed E-state index contributed by atoms with van der Waals surface area (Å²) in [5.74, 6) is -0.924. The lowest BCUT2D eigenvalue weighted by Crippen LogP contribution is -2.19. The minimum atomic E-state index is -0.924. The molecule has 6 heteroatoms. The Morgan fingerprint density at radius 1 is 1.52 bits per heavy atom. The summed E-state index contributed by atoms with van der Waals surface area (Å²) in [5.41, 5.74) is 8.24. The van der Waals surface area contributed by atoms with Crippen molar-refractivity contribution >= 4 is 29.3 Å². The number of fused-ring (bicyclic) bond motifs is 1. The van der Waals surface area contributed by atoms with Crippen LogP contribution in [-0.4, -0.2) is 39.8 Å². The van der Waals surface area contributed by atoms with Crippen LogP contribution in [-0.2, 0) is 4.79 Å². The zero-order valence-electron chi connectivity index (χ0n) is 11.6. The maximum atomic E-state index is 11.0. The third-order valence-corrected chi connectivity index (χ3v) is 3.05. The van der Waals surface area contributed by atoms with E-state index >= 15 is 0 Å². The molecule has 6 nitrogen and oxygen atoms in total. The Hall–Kier alpha value is -2.47. The van der Waals surface area contributed by atoms with Gasteiger partial charge < -0.3 is 15.8 Å². The number of nitrogens with one attached hydrogen (secondary N) is 1. The highest BCUT2D eigenvalue weighted by molar-refractivity contribution is 5.84. The van der Waals surface area contributed by atoms with E-state index < -0.39 is 12.0 Å². The van der Waals surface area contributed by atoms with Crippen LogP contribution in [0, 0.1) is 0 Å². The van der Waals surface area contributed by atoms with Gasteiger partial charge in [-0.1, -0.05) is 12.1 Å². The lowest BCUT2D eigenvalue weighted by atomic mass is 10.1. The fourth-order valence-corrected chi connectivity index (χ4v) is 1.94. The van der Waals surface area contributed by atoms with Gasteiger partial charge in [-0.15, -0.1) is 0 Å². The summed E-state index contributed by atoms with van der Waals surface area (Å²) in [7, 11) is 0. The minimum absolute atomic E-state index is 0.455. The fraction of sp³-hybridized carbons (Fsp3) is 0.267. The van der Waals surface area contributed by atoms with E-state index in [9.17, 15) is 4.79 Å². The van der Waals surface area contributed by atoms with Crippen LogP contribution in [0.2, 0.25) is 0 Å². The number of aliphatic imine (C=N–C) groups is 1. The monoisotopic (exact) mass is 286 g/mol. The smallest absolute Gasteiger partial charge is 0.328 e. The fourth-order valence-electron chi connectivity index (χ4n) is 1.94. The lowest BCUT2D eigenvalue weighted by molar-refractivity contribution is -0.138. The van der Waals surface area contributed by atoms with Gasteiger partial charge in [0.05, 0.1) is 17.4 Å². The highest BCUT2D eigenvalue weighted by Gasteiger charge is 2.13. The number of aromatic amines is 1. The van der Waals surface area contributed by atoms with Crippen LogP contribution in [0.4, 0.5) is 0 Å². The number of nitrogens with zero attached hydrogens (tertiary/aromatic N) is 2. The molecule has 1 unspecified atom stereocenters. The number of carboxylic acid groups (broad SMARTS) is 1. The molecular weight excluding hydrogens is 268 g/mol. The van der Waals surface area contributed by atoms with E-state index in [-0.39, 0.29) is 0 Å². The van der Waals surface area contributed by atoms with Crippen molar-refractivity contribution < 1.29 is 9.90 Å². The van der Waals surface area contributed by atoms with Gasteiger partial charge in [0.25, 0.3) is 0 Å². The third kappa shape index (κ3) is 4.25. The lowest BCUT2D eigenvalue weighted by Gasteiger charge is -2.04. The van der Waals surface area contributed by atoms with Crippen molar-refractivity contribution in [3.63, 3.8) is 0 Å². The van der Waals surface area contributed by atoms with E-state index in [1.54, 1.807) is 12.4 Å². The summed E-state index contributed by atoms with van der Waals surface area (Å²) >= 11 is 0. The predicted molar refractivity (Wildman–Crippen MR) is 83.3 cm³/mol. The molecule has 0 aliphatic carbocycles. The molecule has 0 aliphatic rings. The number of allylic oxidation sites excluding steroid dienone is 1. The highest BCUT2D eigenvalue weighted by Crippen LogP contribution is 2.12. The molecule has 0 bridgehead atoms. The first-order valence-corrected chi connectivity index (χ1v) is 6.76. The summed E-state index contributed by atoms with van der Waals surface area (Å²) in [4.78, 5) is 22.2. The molecule has 0 fully saturated rings. The van der Waals surface area contributed by atoms with Gasteiger partial charge in [0.1, 0.15) is 6.04 Å². The molecule has 0 amide bonds. The molecule has 0 radical (unpaired) electrons. The summed E-state index contributed by atoms with van der Waals surface area (Å²) in [6, 6.07) is 5.10. The summed E-state index contributed by atoms with van der Waals surface area (Å²) in [6.45, 7) is 0.472. The van der Waals surface area contributed by atoms with Gasteiger partial charge in [0.15, 0.2) is 0 Å². The third-order valence-electron chi connectivity index (χ3n) is 3.05. The van der Waals surface area contributed by atoms with Crippen molar-refractivity contribution in [3.05, 3.63) is 36.2 Å². The Balaban J connectivity index is 1.99. The molecule has 110 valence electrons. The van der Waals surface area contributed by atoms with Crippen molar-refractivity contribution in [2.45, 2.75) is 18.9 Å². The van der Waals surface area contributed by atoms with Gasteiger partial charge in [-0.25, -0.2) is 9.78 Å². The number of nitrogens with two attached hydrogens (primary N) is 1. The maximum absolute atomic E-state index is 11.0. The van der Waals surface area contributed by atoms with Gasteiger partial charge in [-0.05, 0) is 43.2 Å². The summed E-state index contributed by atoms with van der Waals surface area (Å²) in [5, 5.41) is 9.02. The van der Waals surface area contributed by atoms with Crippen molar-refractivity contribution in [2.24, 2.45) is 10.7 Å². The molecule has 0 saturated heterocycles. The van der Waals surface area contributed by atoms with E-state index in [1.165, 1.54) is 6.21 Å². The maximum Gasteiger partial charge on any atom is 0.328 e. The Bertz CT molecular complexity index is 660. The van der Waals surface area contributed by atoms with Crippen LogP contribution in [0.5, 0.6) is 0 Å². The van der Waals surface area contributed by atoms with E-state index in [4.69, 9.17) is 10.8 Å². The number of aromatic nitrogens is 2. The molecule has 0 aliphatic heterocycles. The number of aliphatic carboxylic acids is 1. The quantitative estimate of drug-likeness (QED) is 0.675. The van der Waals surface area contributed by atoms with Crippen molar-refractivity contribution in [1.82, 2.24) is 9.97 Å². The second-order valence-corrected chi connectivity index (χ2v) is 4.62. The number of H-pyrrole nitrogens is 1. The summed E-state index contributed by atoms with van der Waals surface area (Å²) < 4.78 is 0. The van der Waals surface area contributed by atoms with Crippen molar-refractivity contribution in [2.75, 3.05) is 6.54 Å². The van der Waals surface area contributed by atoms with Crippen LogP contribution in [0.25, 0.3) is 17.1 Å². The molecule has 0 spiro atoms. The molecule has 1 aromatic carbocycles.